The van der Waals surface area contributed by atoms with Gasteiger partial charge in [-0.25, -0.2) is 4.39 Å². The zero-order valence-electron chi connectivity index (χ0n) is 6.69. The van der Waals surface area contributed by atoms with E-state index in [4.69, 9.17) is 4.55 Å². The lowest BCUT2D eigenvalue weighted by molar-refractivity contribution is 0.378. The molecule has 4 nitrogen and oxygen atoms in total. The van der Waals surface area contributed by atoms with Crippen LogP contribution < -0.4 is 4.74 Å². The van der Waals surface area contributed by atoms with Gasteiger partial charge in [0.2, 0.25) is 0 Å². The van der Waals surface area contributed by atoms with Crippen LogP contribution in [0.3, 0.4) is 0 Å². The third-order valence-electron chi connectivity index (χ3n) is 1.43. The van der Waals surface area contributed by atoms with Gasteiger partial charge in [-0.05, 0) is 12.1 Å². The standard InChI is InChI=1S/C7H7FO4S/c1-12-5-3-2-4-6(7(5)8)13(9,10)11/h2-4H,1H3,(H,9,10,11). The molecule has 0 radical (unpaired) electrons. The molecular formula is C7H7FO4S. The SMILES string of the molecule is COc1cccc(S(=O)(=O)O)c1F. The fourth-order valence-corrected chi connectivity index (χ4v) is 1.43. The van der Waals surface area contributed by atoms with Crippen molar-refractivity contribution < 1.29 is 22.1 Å². The van der Waals surface area contributed by atoms with E-state index in [0.29, 0.717) is 0 Å². The van der Waals surface area contributed by atoms with Crippen molar-refractivity contribution in [1.29, 1.82) is 0 Å². The van der Waals surface area contributed by atoms with Gasteiger partial charge < -0.3 is 4.74 Å². The molecule has 0 aliphatic heterocycles. The highest BCUT2D eigenvalue weighted by Crippen LogP contribution is 2.22. The highest BCUT2D eigenvalue weighted by molar-refractivity contribution is 7.85. The molecule has 1 aromatic rings. The molecule has 0 aliphatic rings. The minimum Gasteiger partial charge on any atom is -0.494 e. The molecule has 6 heteroatoms. The van der Waals surface area contributed by atoms with Gasteiger partial charge >= 0.3 is 0 Å². The summed E-state index contributed by atoms with van der Waals surface area (Å²) in [6, 6.07) is 3.47. The largest absolute Gasteiger partial charge is 0.494 e. The second-order valence-corrected chi connectivity index (χ2v) is 3.64. The van der Waals surface area contributed by atoms with Crippen LogP contribution in [0.5, 0.6) is 5.75 Å². The monoisotopic (exact) mass is 206 g/mol. The molecule has 1 rings (SSSR count). The highest BCUT2D eigenvalue weighted by atomic mass is 32.2. The van der Waals surface area contributed by atoms with Crippen LogP contribution in [-0.4, -0.2) is 20.1 Å². The van der Waals surface area contributed by atoms with E-state index in [-0.39, 0.29) is 5.75 Å². The molecular weight excluding hydrogens is 199 g/mol. The predicted molar refractivity (Wildman–Crippen MR) is 42.8 cm³/mol. The Morgan fingerprint density at radius 3 is 2.54 bits per heavy atom. The average Bonchev–Trinajstić information content (AvgIpc) is 2.02. The first-order valence-electron chi connectivity index (χ1n) is 3.27. The van der Waals surface area contributed by atoms with Gasteiger partial charge in [-0.15, -0.1) is 0 Å². The minimum absolute atomic E-state index is 0.227. The minimum atomic E-state index is -4.52. The van der Waals surface area contributed by atoms with Crippen molar-refractivity contribution in [1.82, 2.24) is 0 Å². The molecule has 0 aromatic heterocycles. The van der Waals surface area contributed by atoms with E-state index in [1.807, 2.05) is 0 Å². The van der Waals surface area contributed by atoms with Gasteiger partial charge in [-0.3, -0.25) is 4.55 Å². The van der Waals surface area contributed by atoms with Crippen LogP contribution in [0, 0.1) is 5.82 Å². The number of hydrogen-bond donors (Lipinski definition) is 1. The van der Waals surface area contributed by atoms with Crippen molar-refractivity contribution in [2.75, 3.05) is 7.11 Å². The van der Waals surface area contributed by atoms with E-state index in [2.05, 4.69) is 4.74 Å². The topological polar surface area (TPSA) is 63.6 Å². The smallest absolute Gasteiger partial charge is 0.297 e. The second kappa shape index (κ2) is 3.31. The molecule has 13 heavy (non-hydrogen) atoms. The lowest BCUT2D eigenvalue weighted by Crippen LogP contribution is -2.02. The molecule has 0 unspecified atom stereocenters. The molecule has 0 spiro atoms. The summed E-state index contributed by atoms with van der Waals surface area (Å²) < 4.78 is 47.4. The van der Waals surface area contributed by atoms with Gasteiger partial charge in [0.15, 0.2) is 11.6 Å². The summed E-state index contributed by atoms with van der Waals surface area (Å²) >= 11 is 0. The molecule has 1 aromatic carbocycles. The third kappa shape index (κ3) is 1.96. The van der Waals surface area contributed by atoms with Gasteiger partial charge in [0.1, 0.15) is 4.90 Å². The Hall–Kier alpha value is -1.14. The van der Waals surface area contributed by atoms with Crippen LogP contribution in [-0.2, 0) is 10.1 Å². The van der Waals surface area contributed by atoms with Crippen LogP contribution in [0.1, 0.15) is 0 Å². The van der Waals surface area contributed by atoms with Gasteiger partial charge in [0.05, 0.1) is 7.11 Å². The molecule has 0 bridgehead atoms. The Labute approximate surface area is 74.7 Å². The quantitative estimate of drug-likeness (QED) is 0.735. The fraction of sp³-hybridized carbons (Fsp3) is 0.143. The summed E-state index contributed by atoms with van der Waals surface area (Å²) in [7, 11) is -3.32. The lowest BCUT2D eigenvalue weighted by atomic mass is 10.3. The van der Waals surface area contributed by atoms with E-state index in [0.717, 1.165) is 6.07 Å². The first-order chi connectivity index (χ1) is 5.96. The summed E-state index contributed by atoms with van der Waals surface area (Å²) in [5.41, 5.74) is 0. The predicted octanol–water partition coefficient (Wildman–Crippen LogP) is 1.08. The number of rotatable bonds is 2. The third-order valence-corrected chi connectivity index (χ3v) is 2.30. The number of hydrogen-bond acceptors (Lipinski definition) is 3. The zero-order valence-corrected chi connectivity index (χ0v) is 7.51. The maximum Gasteiger partial charge on any atom is 0.297 e. The van der Waals surface area contributed by atoms with Crippen molar-refractivity contribution in [2.24, 2.45) is 0 Å². The molecule has 72 valence electrons. The number of methoxy groups -OCH3 is 1. The Balaban J connectivity index is 3.41. The second-order valence-electron chi connectivity index (χ2n) is 2.25. The molecule has 0 heterocycles. The summed E-state index contributed by atoms with van der Waals surface area (Å²) in [5, 5.41) is 0. The van der Waals surface area contributed by atoms with E-state index in [1.54, 1.807) is 0 Å². The molecule has 0 amide bonds. The maximum absolute atomic E-state index is 13.1. The van der Waals surface area contributed by atoms with Crippen LogP contribution in [0.15, 0.2) is 23.1 Å². The molecule has 0 atom stereocenters. The Bertz CT molecular complexity index is 413. The van der Waals surface area contributed by atoms with Crippen molar-refractivity contribution in [3.05, 3.63) is 24.0 Å². The van der Waals surface area contributed by atoms with Gasteiger partial charge in [0, 0.05) is 0 Å². The molecule has 0 saturated carbocycles. The molecule has 0 fully saturated rings. The van der Waals surface area contributed by atoms with E-state index >= 15 is 0 Å². The van der Waals surface area contributed by atoms with Gasteiger partial charge in [-0.1, -0.05) is 6.07 Å². The van der Waals surface area contributed by atoms with Crippen molar-refractivity contribution in [3.63, 3.8) is 0 Å². The Morgan fingerprint density at radius 2 is 2.08 bits per heavy atom. The van der Waals surface area contributed by atoms with Crippen LogP contribution in [0.2, 0.25) is 0 Å². The summed E-state index contributed by atoms with van der Waals surface area (Å²) in [4.78, 5) is -0.785. The van der Waals surface area contributed by atoms with Crippen LogP contribution in [0.4, 0.5) is 4.39 Å². The first kappa shape index (κ1) is 9.94. The van der Waals surface area contributed by atoms with Crippen molar-refractivity contribution >= 4 is 10.1 Å². The number of halogens is 1. The van der Waals surface area contributed by atoms with E-state index in [1.165, 1.54) is 19.2 Å². The first-order valence-corrected chi connectivity index (χ1v) is 4.71. The van der Waals surface area contributed by atoms with Crippen LogP contribution in [0.25, 0.3) is 0 Å². The van der Waals surface area contributed by atoms with Crippen molar-refractivity contribution in [3.8, 4) is 5.75 Å². The molecule has 0 saturated heterocycles. The molecule has 0 aliphatic carbocycles. The summed E-state index contributed by atoms with van der Waals surface area (Å²) in [6.07, 6.45) is 0. The molecule has 1 N–H and O–H groups in total. The summed E-state index contributed by atoms with van der Waals surface area (Å²) in [6.45, 7) is 0. The van der Waals surface area contributed by atoms with Crippen molar-refractivity contribution in [2.45, 2.75) is 4.90 Å². The van der Waals surface area contributed by atoms with E-state index < -0.39 is 20.8 Å². The normalized spacial score (nSPS) is 11.3. The number of benzene rings is 1. The van der Waals surface area contributed by atoms with Gasteiger partial charge in [-0.2, -0.15) is 8.42 Å². The zero-order chi connectivity index (χ0) is 10.1. The number of ether oxygens (including phenoxy) is 1. The van der Waals surface area contributed by atoms with Gasteiger partial charge in [0.25, 0.3) is 10.1 Å². The van der Waals surface area contributed by atoms with E-state index in [9.17, 15) is 12.8 Å². The maximum atomic E-state index is 13.1. The summed E-state index contributed by atoms with van der Waals surface area (Å²) in [5.74, 6) is -1.32. The fourth-order valence-electron chi connectivity index (χ4n) is 0.848. The highest BCUT2D eigenvalue weighted by Gasteiger charge is 2.18. The lowest BCUT2D eigenvalue weighted by Gasteiger charge is -2.03. The Morgan fingerprint density at radius 1 is 1.46 bits per heavy atom. The average molecular weight is 206 g/mol. The Kier molecular flexibility index (Phi) is 2.53. The van der Waals surface area contributed by atoms with Crippen LogP contribution >= 0.6 is 0 Å².